The summed E-state index contributed by atoms with van der Waals surface area (Å²) in [6.07, 6.45) is 19.2. The molecule has 10 nitrogen and oxygen atoms in total. The van der Waals surface area contributed by atoms with Gasteiger partial charge in [0.1, 0.15) is 11.6 Å². The molecule has 0 saturated carbocycles. The Bertz CT molecular complexity index is 3660. The normalized spacial score (nSPS) is 20.1. The third kappa shape index (κ3) is 19.6. The van der Waals surface area contributed by atoms with Crippen molar-refractivity contribution >= 4 is 63.4 Å². The van der Waals surface area contributed by atoms with Crippen molar-refractivity contribution in [1.82, 2.24) is 34.4 Å². The summed E-state index contributed by atoms with van der Waals surface area (Å²) in [7, 11) is 0. The van der Waals surface area contributed by atoms with Crippen molar-refractivity contribution in [3.8, 4) is 0 Å². The smallest absolute Gasteiger partial charge is 0.253 e. The van der Waals surface area contributed by atoms with Crippen molar-refractivity contribution in [2.75, 3.05) is 78.5 Å². The molecule has 6 aromatic carbocycles. The van der Waals surface area contributed by atoms with Gasteiger partial charge in [0, 0.05) is 92.2 Å². The van der Waals surface area contributed by atoms with Gasteiger partial charge in [0.15, 0.2) is 0 Å². The average molecular weight is 1360 g/mol. The number of pyridine rings is 1. The maximum absolute atomic E-state index is 13.4. The molecule has 3 amide bonds. The van der Waals surface area contributed by atoms with E-state index in [1.165, 1.54) is 73.2 Å². The van der Waals surface area contributed by atoms with Gasteiger partial charge >= 0.3 is 0 Å². The third-order valence-electron chi connectivity index (χ3n) is 22.1. The van der Waals surface area contributed by atoms with Crippen LogP contribution in [0.1, 0.15) is 133 Å². The molecular weight excluding hydrogens is 1260 g/mol. The van der Waals surface area contributed by atoms with E-state index in [-0.39, 0.29) is 17.7 Å². The van der Waals surface area contributed by atoms with Crippen LogP contribution in [0.4, 0.5) is 8.78 Å². The summed E-state index contributed by atoms with van der Waals surface area (Å²) in [6, 6.07) is 46.1. The van der Waals surface area contributed by atoms with Gasteiger partial charge in [-0.2, -0.15) is 0 Å². The van der Waals surface area contributed by atoms with Crippen LogP contribution in [0.2, 0.25) is 15.1 Å². The number of carbonyl (C=O) groups excluding carboxylic acids is 3. The van der Waals surface area contributed by atoms with E-state index in [1.54, 1.807) is 6.20 Å². The minimum atomic E-state index is -0.490. The number of nitrogens with zero attached hydrogens (tertiary/aromatic N) is 7. The predicted molar refractivity (Wildman–Crippen MR) is 387 cm³/mol. The van der Waals surface area contributed by atoms with E-state index >= 15 is 0 Å². The fourth-order valence-corrected chi connectivity index (χ4v) is 16.6. The number of amides is 3. The molecule has 7 aromatic rings. The van der Waals surface area contributed by atoms with E-state index in [2.05, 4.69) is 81.8 Å². The summed E-state index contributed by atoms with van der Waals surface area (Å²) in [4.78, 5) is 57.1. The van der Waals surface area contributed by atoms with E-state index < -0.39 is 11.6 Å². The van der Waals surface area contributed by atoms with Crippen LogP contribution < -0.4 is 0 Å². The monoisotopic (exact) mass is 1360 g/mol. The van der Waals surface area contributed by atoms with Crippen LogP contribution in [0.5, 0.6) is 0 Å². The molecule has 96 heavy (non-hydrogen) atoms. The molecule has 0 N–H and O–H groups in total. The lowest BCUT2D eigenvalue weighted by molar-refractivity contribution is -0.133. The lowest BCUT2D eigenvalue weighted by Gasteiger charge is -2.45. The first kappa shape index (κ1) is 71.0. The van der Waals surface area contributed by atoms with Crippen LogP contribution in [-0.4, -0.2) is 149 Å². The number of hydrogen-bond acceptors (Lipinski definition) is 7. The second-order valence-electron chi connectivity index (χ2n) is 28.3. The summed E-state index contributed by atoms with van der Waals surface area (Å²) in [5.74, 6) is 2.29. The Balaban J connectivity index is 0.000000147. The zero-order valence-corrected chi connectivity index (χ0v) is 58.9. The quantitative estimate of drug-likeness (QED) is 0.101. The SMILES string of the molecule is CC[C@@H]1CN(C2CCN(C(=O)c3ccc4ncccc4c3)CC2)CC[C@@H]1Cc1ccc(Cl)c(Cl)c1.Cc1ccccc1CC(=O)N1CCC(N2CCC(Cc3cc(F)cc(F)c3)CC2)CC1.Cc1ccccc1CC(=O)N1CCC(N2CCC(Cc3ccc(Cl)cc3)CC2)CC1. The molecular formula is C81H98Cl3F2N7O3. The summed E-state index contributed by atoms with van der Waals surface area (Å²) in [5, 5.41) is 3.11. The molecule has 0 radical (unpaired) electrons. The fraction of sp³-hybridized carbons (Fsp3) is 0.481. The van der Waals surface area contributed by atoms with Crippen LogP contribution >= 0.6 is 34.8 Å². The largest absolute Gasteiger partial charge is 0.342 e. The van der Waals surface area contributed by atoms with Gasteiger partial charge in [-0.25, -0.2) is 8.78 Å². The van der Waals surface area contributed by atoms with Crippen molar-refractivity contribution in [2.45, 2.75) is 148 Å². The molecule has 13 rings (SSSR count). The summed E-state index contributed by atoms with van der Waals surface area (Å²) < 4.78 is 26.9. The maximum Gasteiger partial charge on any atom is 0.253 e. The molecule has 1 aromatic heterocycles. The Morgan fingerprint density at radius 2 is 0.958 bits per heavy atom. The molecule has 7 heterocycles. The molecule has 15 heteroatoms. The van der Waals surface area contributed by atoms with E-state index in [0.29, 0.717) is 58.8 Å². The number of benzene rings is 6. The number of hydrogen-bond donors (Lipinski definition) is 0. The van der Waals surface area contributed by atoms with Gasteiger partial charge in [-0.1, -0.05) is 121 Å². The zero-order chi connectivity index (χ0) is 67.1. The van der Waals surface area contributed by atoms with Gasteiger partial charge in [0.2, 0.25) is 11.8 Å². The average Bonchev–Trinajstić information content (AvgIpc) is 0.902. The van der Waals surface area contributed by atoms with Gasteiger partial charge in [-0.3, -0.25) is 24.3 Å². The van der Waals surface area contributed by atoms with Gasteiger partial charge < -0.3 is 24.5 Å². The molecule has 6 aliphatic heterocycles. The Morgan fingerprint density at radius 3 is 1.49 bits per heavy atom. The number of fused-ring (bicyclic) bond motifs is 1. The number of carbonyl (C=O) groups is 3. The Kier molecular flexibility index (Phi) is 25.5. The third-order valence-corrected chi connectivity index (χ3v) is 23.1. The lowest BCUT2D eigenvalue weighted by atomic mass is 9.79. The molecule has 0 bridgehead atoms. The van der Waals surface area contributed by atoms with Gasteiger partial charge in [-0.15, -0.1) is 0 Å². The first-order valence-electron chi connectivity index (χ1n) is 35.7. The predicted octanol–water partition coefficient (Wildman–Crippen LogP) is 16.6. The van der Waals surface area contributed by atoms with Gasteiger partial charge in [-0.05, 0) is 260 Å². The number of likely N-dealkylation sites (tertiary alicyclic amines) is 6. The lowest BCUT2D eigenvalue weighted by Crippen LogP contribution is -2.51. The molecule has 0 aliphatic carbocycles. The van der Waals surface area contributed by atoms with Gasteiger partial charge in [0.25, 0.3) is 5.91 Å². The Morgan fingerprint density at radius 1 is 0.458 bits per heavy atom. The van der Waals surface area contributed by atoms with Crippen molar-refractivity contribution in [2.24, 2.45) is 23.7 Å². The highest BCUT2D eigenvalue weighted by Gasteiger charge is 2.36. The number of rotatable bonds is 15. The van der Waals surface area contributed by atoms with Crippen LogP contribution in [0.15, 0.2) is 146 Å². The minimum Gasteiger partial charge on any atom is -0.342 e. The van der Waals surface area contributed by atoms with Crippen LogP contribution in [0.3, 0.4) is 0 Å². The standard InChI is InChI=1S/C29H33Cl2N3O.C26H33ClN2O.C26H32F2N2O/c1-2-21-19-34(13-9-22(21)16-20-5-7-26(30)27(31)17-20)25-10-14-33(15-11-25)29(35)24-6-8-28-23(18-24)4-3-12-32-28;1-20-4-2-3-5-23(20)19-26(30)29-16-12-25(13-17-29)28-14-10-22(11-15-28)18-21-6-8-24(27)9-7-21;1-19-4-2-3-5-22(19)17-26(31)30-12-8-25(9-13-30)29-10-6-20(7-11-29)14-21-15-23(27)18-24(28)16-21/h3-8,12,17-18,21-22,25H,2,9-11,13-16,19H2,1H3;2-9,22,25H,10-19H2,1H3;2-5,15-16,18,20,25H,6-14,17H2,1H3/t21-,22-;;/m1../s1. The Labute approximate surface area is 584 Å². The number of halogens is 5. The highest BCUT2D eigenvalue weighted by Crippen LogP contribution is 2.35. The van der Waals surface area contributed by atoms with Gasteiger partial charge in [0.05, 0.1) is 28.4 Å². The van der Waals surface area contributed by atoms with Crippen molar-refractivity contribution in [1.29, 1.82) is 0 Å². The van der Waals surface area contributed by atoms with E-state index in [1.807, 2.05) is 94.7 Å². The topological polar surface area (TPSA) is 83.5 Å². The molecule has 6 saturated heterocycles. The van der Waals surface area contributed by atoms with Crippen molar-refractivity contribution in [3.05, 3.63) is 217 Å². The molecule has 0 spiro atoms. The Hall–Kier alpha value is -6.25. The highest BCUT2D eigenvalue weighted by atomic mass is 35.5. The second-order valence-corrected chi connectivity index (χ2v) is 29.6. The van der Waals surface area contributed by atoms with Crippen LogP contribution in [0.25, 0.3) is 10.9 Å². The highest BCUT2D eigenvalue weighted by molar-refractivity contribution is 6.42. The molecule has 510 valence electrons. The fourth-order valence-electron chi connectivity index (χ4n) is 16.2. The number of aryl methyl sites for hydroxylation is 2. The van der Waals surface area contributed by atoms with E-state index in [0.717, 1.165) is 186 Å². The van der Waals surface area contributed by atoms with E-state index in [9.17, 15) is 23.2 Å². The number of aromatic nitrogens is 1. The summed E-state index contributed by atoms with van der Waals surface area (Å²) >= 11 is 18.4. The number of piperidine rings is 6. The minimum absolute atomic E-state index is 0.140. The van der Waals surface area contributed by atoms with Crippen LogP contribution in [0, 0.1) is 49.2 Å². The first-order chi connectivity index (χ1) is 46.6. The molecule has 6 fully saturated rings. The molecule has 2 atom stereocenters. The molecule has 0 unspecified atom stereocenters. The maximum atomic E-state index is 13.4. The second kappa shape index (κ2) is 34.5. The first-order valence-corrected chi connectivity index (χ1v) is 36.8. The van der Waals surface area contributed by atoms with Crippen LogP contribution in [-0.2, 0) is 41.7 Å². The zero-order valence-electron chi connectivity index (χ0n) is 56.6. The molecule has 6 aliphatic rings. The summed E-state index contributed by atoms with van der Waals surface area (Å²) in [6.45, 7) is 18.3. The van der Waals surface area contributed by atoms with Crippen molar-refractivity contribution < 1.29 is 23.2 Å². The van der Waals surface area contributed by atoms with E-state index in [4.69, 9.17) is 34.8 Å². The summed E-state index contributed by atoms with van der Waals surface area (Å²) in [5.41, 5.74) is 9.80. The van der Waals surface area contributed by atoms with Crippen molar-refractivity contribution in [3.63, 3.8) is 0 Å².